The number of anilines is 2. The molecule has 1 atom stereocenters. The van der Waals surface area contributed by atoms with Crippen LogP contribution in [0.1, 0.15) is 38.3 Å². The van der Waals surface area contributed by atoms with Crippen molar-refractivity contribution in [3.63, 3.8) is 0 Å². The molecule has 1 aromatic heterocycles. The first-order valence-electron chi connectivity index (χ1n) is 9.51. The van der Waals surface area contributed by atoms with Gasteiger partial charge < -0.3 is 10.6 Å². The predicted molar refractivity (Wildman–Crippen MR) is 121 cm³/mol. The van der Waals surface area contributed by atoms with E-state index in [0.717, 1.165) is 12.1 Å². The molecule has 0 bridgehead atoms. The maximum atomic E-state index is 13.3. The molecule has 0 unspecified atom stereocenters. The van der Waals surface area contributed by atoms with Gasteiger partial charge in [-0.25, -0.2) is 0 Å². The summed E-state index contributed by atoms with van der Waals surface area (Å²) in [5, 5.41) is 8.26. The maximum Gasteiger partial charge on any atom is 0.237 e. The Balaban J connectivity index is 1.71. The van der Waals surface area contributed by atoms with Crippen LogP contribution in [0.3, 0.4) is 0 Å². The number of nitrogens with two attached hydrogens (primary N) is 1. The number of carbonyl (C=O) groups excluding carboxylic acids is 1. The summed E-state index contributed by atoms with van der Waals surface area (Å²) in [7, 11) is 0. The lowest BCUT2D eigenvalue weighted by Gasteiger charge is -2.51. The number of carbonyl (C=O) groups is 1. The lowest BCUT2D eigenvalue weighted by atomic mass is 9.65. The molecular weight excluding hydrogens is 400 g/mol. The van der Waals surface area contributed by atoms with E-state index in [1.54, 1.807) is 0 Å². The zero-order valence-electron chi connectivity index (χ0n) is 16.8. The average molecular weight is 425 g/mol. The SMILES string of the molecule is CC1(C)C[C@](C)(c2ccccc2)c2ccccc2N1C(=O)CSc1nnc(N)s1. The number of hydrogen-bond acceptors (Lipinski definition) is 6. The molecule has 0 saturated heterocycles. The molecule has 3 aromatic rings. The molecule has 1 amide bonds. The van der Waals surface area contributed by atoms with Crippen molar-refractivity contribution in [2.75, 3.05) is 16.4 Å². The Morgan fingerprint density at radius 1 is 1.10 bits per heavy atom. The van der Waals surface area contributed by atoms with Gasteiger partial charge in [-0.2, -0.15) is 0 Å². The van der Waals surface area contributed by atoms with Gasteiger partial charge in [0.25, 0.3) is 0 Å². The molecule has 4 rings (SSSR count). The molecule has 5 nitrogen and oxygen atoms in total. The van der Waals surface area contributed by atoms with E-state index in [1.165, 1.54) is 34.2 Å². The molecule has 2 N–H and O–H groups in total. The Labute approximate surface area is 179 Å². The van der Waals surface area contributed by atoms with E-state index in [4.69, 9.17) is 5.73 Å². The standard InChI is InChI=1S/C22H24N4OS2/c1-21(2)14-22(3,15-9-5-4-6-10-15)16-11-7-8-12-17(16)26(21)18(27)13-28-20-25-24-19(23)29-20/h4-12H,13-14H2,1-3H3,(H2,23,24)/t22-/m1/s1. The van der Waals surface area contributed by atoms with Gasteiger partial charge in [-0.3, -0.25) is 4.79 Å². The molecule has 7 heteroatoms. The van der Waals surface area contributed by atoms with E-state index in [2.05, 4.69) is 73.4 Å². The van der Waals surface area contributed by atoms with Crippen molar-refractivity contribution < 1.29 is 4.79 Å². The molecule has 0 aliphatic carbocycles. The number of hydrogen-bond donors (Lipinski definition) is 1. The minimum Gasteiger partial charge on any atom is -0.374 e. The van der Waals surface area contributed by atoms with E-state index in [9.17, 15) is 4.79 Å². The summed E-state index contributed by atoms with van der Waals surface area (Å²) in [6, 6.07) is 18.8. The fraction of sp³-hybridized carbons (Fsp3) is 0.318. The molecule has 2 aromatic carbocycles. The lowest BCUT2D eigenvalue weighted by Crippen LogP contribution is -2.56. The Bertz CT molecular complexity index is 1030. The highest BCUT2D eigenvalue weighted by molar-refractivity contribution is 8.01. The van der Waals surface area contributed by atoms with Gasteiger partial charge in [0.1, 0.15) is 0 Å². The zero-order valence-corrected chi connectivity index (χ0v) is 18.4. The predicted octanol–water partition coefficient (Wildman–Crippen LogP) is 4.73. The summed E-state index contributed by atoms with van der Waals surface area (Å²) in [5.74, 6) is 0.366. The number of nitrogens with zero attached hydrogens (tertiary/aromatic N) is 3. The van der Waals surface area contributed by atoms with E-state index in [1.807, 2.05) is 17.0 Å². The highest BCUT2D eigenvalue weighted by Gasteiger charge is 2.47. The number of aromatic nitrogens is 2. The van der Waals surface area contributed by atoms with Crippen molar-refractivity contribution in [2.24, 2.45) is 0 Å². The Morgan fingerprint density at radius 2 is 1.79 bits per heavy atom. The summed E-state index contributed by atoms with van der Waals surface area (Å²) in [4.78, 5) is 15.3. The van der Waals surface area contributed by atoms with Gasteiger partial charge in [-0.1, -0.05) is 78.6 Å². The van der Waals surface area contributed by atoms with Crippen LogP contribution >= 0.6 is 23.1 Å². The number of fused-ring (bicyclic) bond motifs is 1. The summed E-state index contributed by atoms with van der Waals surface area (Å²) in [6.45, 7) is 6.58. The van der Waals surface area contributed by atoms with E-state index in [0.29, 0.717) is 15.2 Å². The van der Waals surface area contributed by atoms with Gasteiger partial charge in [-0.15, -0.1) is 10.2 Å². The Morgan fingerprint density at radius 3 is 2.48 bits per heavy atom. The molecule has 29 heavy (non-hydrogen) atoms. The van der Waals surface area contributed by atoms with Crippen LogP contribution in [-0.4, -0.2) is 27.4 Å². The van der Waals surface area contributed by atoms with Crippen molar-refractivity contribution in [3.8, 4) is 0 Å². The summed E-state index contributed by atoms with van der Waals surface area (Å²) in [6.07, 6.45) is 0.836. The van der Waals surface area contributed by atoms with Crippen LogP contribution in [0.4, 0.5) is 10.8 Å². The largest absolute Gasteiger partial charge is 0.374 e. The number of para-hydroxylation sites is 1. The third-order valence-corrected chi connectivity index (χ3v) is 7.40. The van der Waals surface area contributed by atoms with Gasteiger partial charge in [0.15, 0.2) is 4.34 Å². The number of rotatable bonds is 4. The number of benzene rings is 2. The number of nitrogen functional groups attached to an aromatic ring is 1. The monoisotopic (exact) mass is 424 g/mol. The normalized spacial score (nSPS) is 20.3. The summed E-state index contributed by atoms with van der Waals surface area (Å²) >= 11 is 2.70. The number of amides is 1. The first-order valence-corrected chi connectivity index (χ1v) is 11.3. The molecule has 1 aliphatic heterocycles. The topological polar surface area (TPSA) is 72.1 Å². The smallest absolute Gasteiger partial charge is 0.237 e. The van der Waals surface area contributed by atoms with Crippen LogP contribution in [0.25, 0.3) is 0 Å². The highest BCUT2D eigenvalue weighted by atomic mass is 32.2. The van der Waals surface area contributed by atoms with Gasteiger partial charge in [0.2, 0.25) is 11.0 Å². The first kappa shape index (κ1) is 19.9. The average Bonchev–Trinajstić information content (AvgIpc) is 3.11. The van der Waals surface area contributed by atoms with Crippen molar-refractivity contribution >= 4 is 39.8 Å². The second-order valence-corrected chi connectivity index (χ2v) is 10.4. The minimum absolute atomic E-state index is 0.0660. The second-order valence-electron chi connectivity index (χ2n) is 8.13. The fourth-order valence-corrected chi connectivity index (χ4v) is 5.99. The van der Waals surface area contributed by atoms with Crippen molar-refractivity contribution in [3.05, 3.63) is 65.7 Å². The van der Waals surface area contributed by atoms with Crippen LogP contribution in [0, 0.1) is 0 Å². The summed E-state index contributed by atoms with van der Waals surface area (Å²) in [5.41, 5.74) is 8.59. The van der Waals surface area contributed by atoms with Crippen LogP contribution in [0.2, 0.25) is 0 Å². The number of thioether (sulfide) groups is 1. The molecule has 0 spiro atoms. The van der Waals surface area contributed by atoms with E-state index in [-0.39, 0.29) is 16.9 Å². The second kappa shape index (κ2) is 7.46. The summed E-state index contributed by atoms with van der Waals surface area (Å²) < 4.78 is 0.716. The maximum absolute atomic E-state index is 13.3. The molecular formula is C22H24N4OS2. The first-order chi connectivity index (χ1) is 13.8. The third-order valence-electron chi connectivity index (χ3n) is 5.53. The molecule has 2 heterocycles. The highest BCUT2D eigenvalue weighted by Crippen LogP contribution is 2.50. The van der Waals surface area contributed by atoms with Gasteiger partial charge in [-0.05, 0) is 37.5 Å². The quantitative estimate of drug-likeness (QED) is 0.613. The van der Waals surface area contributed by atoms with Crippen LogP contribution < -0.4 is 10.6 Å². The molecule has 0 saturated carbocycles. The van der Waals surface area contributed by atoms with Crippen molar-refractivity contribution in [1.29, 1.82) is 0 Å². The fourth-order valence-electron chi connectivity index (χ4n) is 4.50. The molecule has 150 valence electrons. The van der Waals surface area contributed by atoms with Gasteiger partial charge >= 0.3 is 0 Å². The Hall–Kier alpha value is -2.38. The molecule has 0 radical (unpaired) electrons. The lowest BCUT2D eigenvalue weighted by molar-refractivity contribution is -0.117. The van der Waals surface area contributed by atoms with Gasteiger partial charge in [0.05, 0.1) is 5.75 Å². The molecule has 0 fully saturated rings. The van der Waals surface area contributed by atoms with Crippen LogP contribution in [0.5, 0.6) is 0 Å². The Kier molecular flexibility index (Phi) is 5.12. The third kappa shape index (κ3) is 3.65. The van der Waals surface area contributed by atoms with E-state index >= 15 is 0 Å². The van der Waals surface area contributed by atoms with Crippen molar-refractivity contribution in [1.82, 2.24) is 10.2 Å². The van der Waals surface area contributed by atoms with E-state index < -0.39 is 0 Å². The molecule has 1 aliphatic rings. The van der Waals surface area contributed by atoms with Crippen LogP contribution in [0.15, 0.2) is 58.9 Å². The van der Waals surface area contributed by atoms with Crippen LogP contribution in [-0.2, 0) is 10.2 Å². The minimum atomic E-state index is -0.337. The zero-order chi connectivity index (χ0) is 20.6. The van der Waals surface area contributed by atoms with Crippen molar-refractivity contribution in [2.45, 2.75) is 42.5 Å². The van der Waals surface area contributed by atoms with Gasteiger partial charge in [0, 0.05) is 16.6 Å².